The zero-order valence-electron chi connectivity index (χ0n) is 20.9. The standard InChI is InChI=1S/C24H42O4Si2/c1-17(2)22(26)27-16-30(11,12)28-29(9,10)15-18-13-19(23(3,4)5)21(25)20(14-18)24(6,7)8/h13-14,25H,1,15-16H2,2-12H3. The number of esters is 1. The summed E-state index contributed by atoms with van der Waals surface area (Å²) in [6.45, 7) is 26.7. The van der Waals surface area contributed by atoms with Gasteiger partial charge in [0, 0.05) is 5.57 Å². The zero-order chi connectivity index (χ0) is 23.7. The Morgan fingerprint density at radius 3 is 1.77 bits per heavy atom. The fourth-order valence-electron chi connectivity index (χ4n) is 3.61. The minimum Gasteiger partial charge on any atom is -0.507 e. The van der Waals surface area contributed by atoms with E-state index >= 15 is 0 Å². The van der Waals surface area contributed by atoms with Gasteiger partial charge in [-0.1, -0.05) is 60.3 Å². The third-order valence-corrected chi connectivity index (χ3v) is 11.4. The van der Waals surface area contributed by atoms with Crippen molar-refractivity contribution in [2.75, 3.05) is 6.23 Å². The molecule has 6 heteroatoms. The summed E-state index contributed by atoms with van der Waals surface area (Å²) >= 11 is 0. The summed E-state index contributed by atoms with van der Waals surface area (Å²) in [7, 11) is -4.28. The molecule has 0 heterocycles. The van der Waals surface area contributed by atoms with Crippen LogP contribution in [0.2, 0.25) is 26.2 Å². The molecule has 0 bridgehead atoms. The SMILES string of the molecule is C=C(C)C(=O)OC[Si](C)(C)O[Si](C)(C)Cc1cc(C(C)(C)C)c(O)c(C(C)(C)C)c1. The lowest BCUT2D eigenvalue weighted by Gasteiger charge is -2.34. The predicted molar refractivity (Wildman–Crippen MR) is 131 cm³/mol. The van der Waals surface area contributed by atoms with Gasteiger partial charge in [0.1, 0.15) is 12.0 Å². The number of ether oxygens (including phenoxy) is 1. The lowest BCUT2D eigenvalue weighted by atomic mass is 9.78. The maximum atomic E-state index is 11.8. The highest BCUT2D eigenvalue weighted by atomic mass is 28.4. The molecule has 0 aromatic heterocycles. The first-order valence-electron chi connectivity index (χ1n) is 10.6. The molecule has 0 aliphatic rings. The highest BCUT2D eigenvalue weighted by Gasteiger charge is 2.35. The minimum absolute atomic E-state index is 0.155. The average molecular weight is 451 g/mol. The van der Waals surface area contributed by atoms with Crippen LogP contribution in [0.1, 0.15) is 65.2 Å². The fraction of sp³-hybridized carbons (Fsp3) is 0.625. The van der Waals surface area contributed by atoms with Gasteiger partial charge in [-0.05, 0) is 66.7 Å². The molecule has 0 unspecified atom stereocenters. The molecule has 0 amide bonds. The van der Waals surface area contributed by atoms with Gasteiger partial charge in [-0.2, -0.15) is 0 Å². The molecule has 30 heavy (non-hydrogen) atoms. The van der Waals surface area contributed by atoms with Crippen LogP contribution >= 0.6 is 0 Å². The molecule has 0 spiro atoms. The van der Waals surface area contributed by atoms with E-state index < -0.39 is 16.6 Å². The maximum Gasteiger partial charge on any atom is 0.332 e. The van der Waals surface area contributed by atoms with Crippen molar-refractivity contribution in [3.8, 4) is 5.75 Å². The summed E-state index contributed by atoms with van der Waals surface area (Å²) in [6, 6.07) is 5.11. The molecule has 170 valence electrons. The van der Waals surface area contributed by atoms with Crippen LogP contribution < -0.4 is 0 Å². The number of carbonyl (C=O) groups excluding carboxylic acids is 1. The minimum atomic E-state index is -2.18. The van der Waals surface area contributed by atoms with Gasteiger partial charge in [-0.15, -0.1) is 0 Å². The molecular formula is C24H42O4Si2. The molecule has 0 atom stereocenters. The Morgan fingerprint density at radius 1 is 0.967 bits per heavy atom. The molecule has 1 aromatic carbocycles. The lowest BCUT2D eigenvalue weighted by Crippen LogP contribution is -2.49. The van der Waals surface area contributed by atoms with Crippen LogP contribution in [0.4, 0.5) is 0 Å². The van der Waals surface area contributed by atoms with Gasteiger partial charge in [-0.3, -0.25) is 0 Å². The Balaban J connectivity index is 3.18. The number of phenols is 1. The van der Waals surface area contributed by atoms with Gasteiger partial charge in [0.15, 0.2) is 8.32 Å². The van der Waals surface area contributed by atoms with Crippen LogP contribution in [0.3, 0.4) is 0 Å². The van der Waals surface area contributed by atoms with E-state index in [1.807, 2.05) is 0 Å². The van der Waals surface area contributed by atoms with Crippen molar-refractivity contribution in [2.45, 2.75) is 91.5 Å². The van der Waals surface area contributed by atoms with Crippen LogP contribution in [0.5, 0.6) is 5.75 Å². The first kappa shape index (κ1) is 26.7. The Labute approximate surface area is 186 Å². The van der Waals surface area contributed by atoms with Crippen molar-refractivity contribution in [2.24, 2.45) is 0 Å². The van der Waals surface area contributed by atoms with E-state index in [2.05, 4.69) is 86.4 Å². The fourth-order valence-corrected chi connectivity index (χ4v) is 11.8. The van der Waals surface area contributed by atoms with Crippen molar-refractivity contribution in [3.63, 3.8) is 0 Å². The first-order valence-corrected chi connectivity index (χ1v) is 16.9. The third kappa shape index (κ3) is 7.71. The average Bonchev–Trinajstić information content (AvgIpc) is 2.50. The summed E-state index contributed by atoms with van der Waals surface area (Å²) in [5.41, 5.74) is 3.24. The molecule has 1 N–H and O–H groups in total. The molecule has 0 saturated heterocycles. The van der Waals surface area contributed by atoms with Gasteiger partial charge in [0.05, 0.1) is 0 Å². The van der Waals surface area contributed by atoms with Crippen LogP contribution in [-0.4, -0.2) is 33.9 Å². The Morgan fingerprint density at radius 2 is 1.40 bits per heavy atom. The molecular weight excluding hydrogens is 408 g/mol. The van der Waals surface area contributed by atoms with Crippen molar-refractivity contribution in [1.29, 1.82) is 0 Å². The molecule has 0 saturated carbocycles. The quantitative estimate of drug-likeness (QED) is 0.307. The molecule has 4 nitrogen and oxygen atoms in total. The van der Waals surface area contributed by atoms with Crippen molar-refractivity contribution in [1.82, 2.24) is 0 Å². The number of hydrogen-bond donors (Lipinski definition) is 1. The Kier molecular flexibility index (Phi) is 8.00. The van der Waals surface area contributed by atoms with Gasteiger partial charge >= 0.3 is 5.97 Å². The van der Waals surface area contributed by atoms with E-state index in [4.69, 9.17) is 8.85 Å². The second kappa shape index (κ2) is 9.01. The molecule has 0 fully saturated rings. The largest absolute Gasteiger partial charge is 0.507 e. The number of aromatic hydroxyl groups is 1. The van der Waals surface area contributed by atoms with Crippen LogP contribution in [-0.2, 0) is 30.5 Å². The van der Waals surface area contributed by atoms with Crippen LogP contribution in [0.15, 0.2) is 24.3 Å². The Bertz CT molecular complexity index is 761. The van der Waals surface area contributed by atoms with E-state index in [-0.39, 0.29) is 16.8 Å². The van der Waals surface area contributed by atoms with Gasteiger partial charge < -0.3 is 14.0 Å². The lowest BCUT2D eigenvalue weighted by molar-refractivity contribution is -0.137. The van der Waals surface area contributed by atoms with Crippen LogP contribution in [0, 0.1) is 0 Å². The van der Waals surface area contributed by atoms with E-state index in [0.29, 0.717) is 17.6 Å². The van der Waals surface area contributed by atoms with Crippen LogP contribution in [0.25, 0.3) is 0 Å². The number of hydrogen-bond acceptors (Lipinski definition) is 4. The Hall–Kier alpha value is -1.38. The predicted octanol–water partition coefficient (Wildman–Crippen LogP) is 6.15. The summed E-state index contributed by atoms with van der Waals surface area (Å²) in [4.78, 5) is 11.8. The number of rotatable bonds is 7. The number of carbonyl (C=O) groups is 1. The summed E-state index contributed by atoms with van der Waals surface area (Å²) in [5.74, 6) is 0.0439. The normalized spacial score (nSPS) is 13.3. The molecule has 1 aromatic rings. The maximum absolute atomic E-state index is 11.8. The topological polar surface area (TPSA) is 55.8 Å². The smallest absolute Gasteiger partial charge is 0.332 e. The third-order valence-electron chi connectivity index (χ3n) is 4.87. The molecule has 0 radical (unpaired) electrons. The summed E-state index contributed by atoms with van der Waals surface area (Å²) in [5, 5.41) is 11.0. The van der Waals surface area contributed by atoms with Gasteiger partial charge in [0.25, 0.3) is 0 Å². The van der Waals surface area contributed by atoms with Crippen molar-refractivity contribution >= 4 is 22.6 Å². The molecule has 1 rings (SSSR count). The monoisotopic (exact) mass is 450 g/mol. The van der Waals surface area contributed by atoms with E-state index in [1.54, 1.807) is 6.92 Å². The summed E-state index contributed by atoms with van der Waals surface area (Å²) < 4.78 is 12.0. The van der Waals surface area contributed by atoms with Gasteiger partial charge in [-0.25, -0.2) is 4.79 Å². The van der Waals surface area contributed by atoms with E-state index in [1.165, 1.54) is 5.56 Å². The zero-order valence-corrected chi connectivity index (χ0v) is 22.9. The summed E-state index contributed by atoms with van der Waals surface area (Å²) in [6.07, 6.45) is 0.325. The van der Waals surface area contributed by atoms with Crippen molar-refractivity contribution < 1.29 is 18.8 Å². The second-order valence-electron chi connectivity index (χ2n) is 11.7. The number of phenolic OH excluding ortho intramolecular Hbond substituents is 1. The van der Waals surface area contributed by atoms with Gasteiger partial charge in [0.2, 0.25) is 8.32 Å². The molecule has 0 aliphatic carbocycles. The number of benzene rings is 1. The highest BCUT2D eigenvalue weighted by Crippen LogP contribution is 2.40. The van der Waals surface area contributed by atoms with E-state index in [0.717, 1.165) is 17.2 Å². The molecule has 0 aliphatic heterocycles. The first-order chi connectivity index (χ1) is 13.3. The highest BCUT2D eigenvalue weighted by molar-refractivity contribution is 6.84. The van der Waals surface area contributed by atoms with E-state index in [9.17, 15) is 9.90 Å². The van der Waals surface area contributed by atoms with Crippen molar-refractivity contribution in [3.05, 3.63) is 41.0 Å². The second-order valence-corrected chi connectivity index (χ2v) is 20.2.